The van der Waals surface area contributed by atoms with E-state index in [9.17, 15) is 8.42 Å². The quantitative estimate of drug-likeness (QED) is 0.804. The number of likely N-dealkylation sites (N-methyl/N-ethyl adjacent to an activating group) is 1. The van der Waals surface area contributed by atoms with Crippen molar-refractivity contribution in [1.82, 2.24) is 0 Å². The van der Waals surface area contributed by atoms with Gasteiger partial charge in [0.25, 0.3) is 10.0 Å². The molecule has 0 bridgehead atoms. The predicted molar refractivity (Wildman–Crippen MR) is 100 cm³/mol. The average molecular weight is 411 g/mol. The number of nitrogens with zero attached hydrogens (tertiary/aromatic N) is 1. The Morgan fingerprint density at radius 1 is 1.00 bits per heavy atom. The van der Waals surface area contributed by atoms with Gasteiger partial charge in [-0.1, -0.05) is 15.9 Å². The van der Waals surface area contributed by atoms with E-state index in [4.69, 9.17) is 0 Å². The lowest BCUT2D eigenvalue weighted by Gasteiger charge is -2.31. The maximum absolute atomic E-state index is 12.4. The highest BCUT2D eigenvalue weighted by Gasteiger charge is 2.17. The van der Waals surface area contributed by atoms with Crippen LogP contribution >= 0.6 is 15.9 Å². The van der Waals surface area contributed by atoms with Gasteiger partial charge in [-0.15, -0.1) is 0 Å². The fraction of sp³-hybridized carbons (Fsp3) is 0.294. The van der Waals surface area contributed by atoms with Crippen molar-refractivity contribution in [2.75, 3.05) is 42.8 Å². The molecule has 0 amide bonds. The summed E-state index contributed by atoms with van der Waals surface area (Å²) >= 11 is 3.31. The van der Waals surface area contributed by atoms with E-state index in [-0.39, 0.29) is 4.90 Å². The van der Waals surface area contributed by atoms with Crippen LogP contribution in [0, 0.1) is 0 Å². The van der Waals surface area contributed by atoms with Gasteiger partial charge in [0.1, 0.15) is 0 Å². The van der Waals surface area contributed by atoms with Crippen molar-refractivity contribution in [1.29, 1.82) is 0 Å². The molecule has 0 radical (unpaired) electrons. The fourth-order valence-electron chi connectivity index (χ4n) is 2.71. The predicted octanol–water partition coefficient (Wildman–Crippen LogP) is 1.58. The second-order valence-electron chi connectivity index (χ2n) is 6.05. The minimum Gasteiger partial charge on any atom is -0.360 e. The lowest BCUT2D eigenvalue weighted by Crippen LogP contribution is -3.12. The lowest BCUT2D eigenvalue weighted by molar-refractivity contribution is -0.880. The molecule has 5 nitrogen and oxygen atoms in total. The van der Waals surface area contributed by atoms with Crippen molar-refractivity contribution < 1.29 is 13.3 Å². The van der Waals surface area contributed by atoms with E-state index in [1.165, 1.54) is 0 Å². The van der Waals surface area contributed by atoms with Crippen LogP contribution in [0.5, 0.6) is 0 Å². The standard InChI is InChI=1S/C17H20BrN3O2S/c1-20-10-12-21(13-11-20)16-6-4-15(5-7-16)19-24(22,23)17-8-2-14(18)3-9-17/h2-9,19H,10-13H2,1H3/p+1. The summed E-state index contributed by atoms with van der Waals surface area (Å²) in [6.07, 6.45) is 0. The molecule has 1 aliphatic rings. The van der Waals surface area contributed by atoms with Crippen molar-refractivity contribution in [3.05, 3.63) is 53.0 Å². The van der Waals surface area contributed by atoms with E-state index in [0.29, 0.717) is 5.69 Å². The summed E-state index contributed by atoms with van der Waals surface area (Å²) in [6, 6.07) is 14.2. The Morgan fingerprint density at radius 2 is 1.58 bits per heavy atom. The fourth-order valence-corrected chi connectivity index (χ4v) is 4.04. The Morgan fingerprint density at radius 3 is 2.17 bits per heavy atom. The highest BCUT2D eigenvalue weighted by Crippen LogP contribution is 2.21. The molecule has 0 atom stereocenters. The van der Waals surface area contributed by atoms with Crippen molar-refractivity contribution in [3.8, 4) is 0 Å². The molecule has 1 heterocycles. The Balaban J connectivity index is 1.70. The Labute approximate surface area is 151 Å². The molecule has 0 spiro atoms. The molecule has 7 heteroatoms. The lowest BCUT2D eigenvalue weighted by atomic mass is 10.2. The number of nitrogens with one attached hydrogen (secondary N) is 2. The van der Waals surface area contributed by atoms with Crippen LogP contribution in [0.1, 0.15) is 0 Å². The number of anilines is 2. The Kier molecular flexibility index (Phi) is 5.12. The molecule has 0 aromatic heterocycles. The van der Waals surface area contributed by atoms with E-state index in [2.05, 4.69) is 32.6 Å². The molecule has 1 fully saturated rings. The third-order valence-corrected chi connectivity index (χ3v) is 6.15. The van der Waals surface area contributed by atoms with Crippen LogP contribution in [0.3, 0.4) is 0 Å². The summed E-state index contributed by atoms with van der Waals surface area (Å²) in [5.41, 5.74) is 1.70. The molecule has 0 aliphatic carbocycles. The van der Waals surface area contributed by atoms with Gasteiger partial charge in [0.2, 0.25) is 0 Å². The van der Waals surface area contributed by atoms with Gasteiger partial charge in [0, 0.05) is 15.8 Å². The van der Waals surface area contributed by atoms with Crippen LogP contribution in [0.4, 0.5) is 11.4 Å². The molecule has 1 saturated heterocycles. The number of hydrogen-bond acceptors (Lipinski definition) is 3. The van der Waals surface area contributed by atoms with Crippen molar-refractivity contribution >= 4 is 37.3 Å². The highest BCUT2D eigenvalue weighted by molar-refractivity contribution is 9.10. The topological polar surface area (TPSA) is 53.9 Å². The highest BCUT2D eigenvalue weighted by atomic mass is 79.9. The van der Waals surface area contributed by atoms with Gasteiger partial charge >= 0.3 is 0 Å². The SMILES string of the molecule is C[NH+]1CCN(c2ccc(NS(=O)(=O)c3ccc(Br)cc3)cc2)CC1. The summed E-state index contributed by atoms with van der Waals surface area (Å²) in [6.45, 7) is 4.29. The summed E-state index contributed by atoms with van der Waals surface area (Å²) < 4.78 is 28.3. The third-order valence-electron chi connectivity index (χ3n) is 4.23. The Bertz CT molecular complexity index is 784. The molecule has 2 aromatic carbocycles. The van der Waals surface area contributed by atoms with Crippen LogP contribution in [-0.2, 0) is 10.0 Å². The van der Waals surface area contributed by atoms with Crippen molar-refractivity contribution in [2.45, 2.75) is 4.90 Å². The molecular weight excluding hydrogens is 390 g/mol. The second kappa shape index (κ2) is 7.13. The van der Waals surface area contributed by atoms with Gasteiger partial charge in [-0.3, -0.25) is 4.72 Å². The zero-order valence-electron chi connectivity index (χ0n) is 13.5. The molecule has 2 aromatic rings. The van der Waals surface area contributed by atoms with Gasteiger partial charge < -0.3 is 9.80 Å². The van der Waals surface area contributed by atoms with Gasteiger partial charge in [-0.2, -0.15) is 0 Å². The number of hydrogen-bond donors (Lipinski definition) is 2. The summed E-state index contributed by atoms with van der Waals surface area (Å²) in [5.74, 6) is 0. The van der Waals surface area contributed by atoms with E-state index in [1.807, 2.05) is 24.3 Å². The van der Waals surface area contributed by atoms with E-state index < -0.39 is 10.0 Å². The Hall–Kier alpha value is -1.57. The van der Waals surface area contributed by atoms with Gasteiger partial charge in [0.05, 0.1) is 38.1 Å². The molecule has 1 aliphatic heterocycles. The van der Waals surface area contributed by atoms with Gasteiger partial charge in [-0.05, 0) is 48.5 Å². The summed E-state index contributed by atoms with van der Waals surface area (Å²) in [4.78, 5) is 4.13. The largest absolute Gasteiger partial charge is 0.360 e. The number of benzene rings is 2. The third kappa shape index (κ3) is 4.09. The number of rotatable bonds is 4. The van der Waals surface area contributed by atoms with Crippen LogP contribution in [0.15, 0.2) is 57.9 Å². The zero-order valence-corrected chi connectivity index (χ0v) is 15.9. The first-order valence-electron chi connectivity index (χ1n) is 7.89. The number of quaternary nitrogens is 1. The van der Waals surface area contributed by atoms with Gasteiger partial charge in [-0.25, -0.2) is 8.42 Å². The van der Waals surface area contributed by atoms with E-state index >= 15 is 0 Å². The second-order valence-corrected chi connectivity index (χ2v) is 8.65. The van der Waals surface area contributed by atoms with Gasteiger partial charge in [0.15, 0.2) is 0 Å². The monoisotopic (exact) mass is 410 g/mol. The van der Waals surface area contributed by atoms with Crippen LogP contribution in [0.25, 0.3) is 0 Å². The molecule has 3 rings (SSSR count). The van der Waals surface area contributed by atoms with Crippen LogP contribution in [-0.4, -0.2) is 41.6 Å². The number of sulfonamides is 1. The molecule has 0 unspecified atom stereocenters. The molecule has 2 N–H and O–H groups in total. The minimum absolute atomic E-state index is 0.247. The van der Waals surface area contributed by atoms with E-state index in [1.54, 1.807) is 29.2 Å². The smallest absolute Gasteiger partial charge is 0.261 e. The van der Waals surface area contributed by atoms with Crippen LogP contribution in [0.2, 0.25) is 0 Å². The molecule has 24 heavy (non-hydrogen) atoms. The molecule has 0 saturated carbocycles. The van der Waals surface area contributed by atoms with E-state index in [0.717, 1.165) is 36.3 Å². The summed E-state index contributed by atoms with van der Waals surface area (Å²) in [5, 5.41) is 0. The zero-order chi connectivity index (χ0) is 17.2. The first kappa shape index (κ1) is 17.3. The maximum atomic E-state index is 12.4. The average Bonchev–Trinajstić information content (AvgIpc) is 2.56. The normalized spacial score (nSPS) is 16.2. The van der Waals surface area contributed by atoms with Crippen molar-refractivity contribution in [3.63, 3.8) is 0 Å². The number of piperazine rings is 1. The molecular formula is C17H21BrN3O2S+. The summed E-state index contributed by atoms with van der Waals surface area (Å²) in [7, 11) is -1.36. The van der Waals surface area contributed by atoms with Crippen molar-refractivity contribution in [2.24, 2.45) is 0 Å². The first-order valence-corrected chi connectivity index (χ1v) is 10.2. The number of halogens is 1. The van der Waals surface area contributed by atoms with Crippen LogP contribution < -0.4 is 14.5 Å². The first-order chi connectivity index (χ1) is 11.4. The molecule has 128 valence electrons. The minimum atomic E-state index is -3.56. The maximum Gasteiger partial charge on any atom is 0.261 e.